The Morgan fingerprint density at radius 1 is 1.33 bits per heavy atom. The van der Waals surface area contributed by atoms with Crippen LogP contribution in [0.15, 0.2) is 26.0 Å². The zero-order valence-corrected chi connectivity index (χ0v) is 16.1. The Morgan fingerprint density at radius 3 is 2.71 bits per heavy atom. The van der Waals surface area contributed by atoms with E-state index in [0.717, 1.165) is 22.9 Å². The summed E-state index contributed by atoms with van der Waals surface area (Å²) in [6, 6.07) is 3.50. The van der Waals surface area contributed by atoms with E-state index in [4.69, 9.17) is 4.74 Å². The molecule has 1 unspecified atom stereocenters. The summed E-state index contributed by atoms with van der Waals surface area (Å²) >= 11 is 6.79. The molecule has 1 fully saturated rings. The summed E-state index contributed by atoms with van der Waals surface area (Å²) in [6.45, 7) is 3.63. The molecule has 0 aromatic heterocycles. The lowest BCUT2D eigenvalue weighted by molar-refractivity contribution is 0.118. The summed E-state index contributed by atoms with van der Waals surface area (Å²) in [5.74, 6) is 0.270. The van der Waals surface area contributed by atoms with Crippen LogP contribution in [0, 0.1) is 12.8 Å². The highest BCUT2D eigenvalue weighted by Crippen LogP contribution is 2.32. The summed E-state index contributed by atoms with van der Waals surface area (Å²) < 4.78 is 33.9. The molecule has 2 rings (SSSR count). The number of halogens is 2. The predicted octanol–water partition coefficient (Wildman–Crippen LogP) is 3.57. The highest BCUT2D eigenvalue weighted by Gasteiger charge is 2.31. The van der Waals surface area contributed by atoms with Gasteiger partial charge in [0.1, 0.15) is 0 Å². The highest BCUT2D eigenvalue weighted by atomic mass is 79.9. The molecule has 0 bridgehead atoms. The lowest BCUT2D eigenvalue weighted by Gasteiger charge is -2.31. The van der Waals surface area contributed by atoms with Crippen LogP contribution in [0.1, 0.15) is 18.4 Å². The van der Waals surface area contributed by atoms with Crippen LogP contribution in [0.5, 0.6) is 0 Å². The second-order valence-corrected chi connectivity index (χ2v) is 8.97. The smallest absolute Gasteiger partial charge is 0.244 e. The molecular formula is C14H19Br2NO3S. The number of nitrogens with zero attached hydrogens (tertiary/aromatic N) is 1. The molecule has 21 heavy (non-hydrogen) atoms. The maximum absolute atomic E-state index is 12.9. The van der Waals surface area contributed by atoms with Gasteiger partial charge in [-0.15, -0.1) is 0 Å². The Hall–Kier alpha value is 0.0500. The molecule has 1 saturated heterocycles. The standard InChI is InChI=1S/C14H19Br2NO3S/c1-10-6-13(16)14(7-12(10)15)21(18,19)17-5-3-4-11(8-17)9-20-2/h6-7,11H,3-5,8-9H2,1-2H3. The molecule has 0 amide bonds. The van der Waals surface area contributed by atoms with Crippen LogP contribution in [0.25, 0.3) is 0 Å². The second-order valence-electron chi connectivity index (χ2n) is 5.36. The van der Waals surface area contributed by atoms with E-state index in [9.17, 15) is 8.42 Å². The van der Waals surface area contributed by atoms with Crippen molar-refractivity contribution >= 4 is 41.9 Å². The number of ether oxygens (including phenoxy) is 1. The van der Waals surface area contributed by atoms with E-state index >= 15 is 0 Å². The Balaban J connectivity index is 2.31. The summed E-state index contributed by atoms with van der Waals surface area (Å²) in [5.41, 5.74) is 0.997. The van der Waals surface area contributed by atoms with Crippen molar-refractivity contribution in [2.45, 2.75) is 24.7 Å². The number of hydrogen-bond acceptors (Lipinski definition) is 3. The van der Waals surface area contributed by atoms with E-state index < -0.39 is 10.0 Å². The number of hydrogen-bond donors (Lipinski definition) is 0. The van der Waals surface area contributed by atoms with E-state index in [1.807, 2.05) is 13.0 Å². The van der Waals surface area contributed by atoms with Gasteiger partial charge in [-0.05, 0) is 59.3 Å². The minimum atomic E-state index is -3.48. The first-order valence-electron chi connectivity index (χ1n) is 6.81. The quantitative estimate of drug-likeness (QED) is 0.718. The average Bonchev–Trinajstić information content (AvgIpc) is 2.43. The molecule has 1 heterocycles. The maximum atomic E-state index is 12.9. The Bertz CT molecular complexity index is 617. The van der Waals surface area contributed by atoms with Crippen molar-refractivity contribution in [3.05, 3.63) is 26.6 Å². The minimum absolute atomic E-state index is 0.270. The number of rotatable bonds is 4. The molecule has 1 aromatic rings. The first kappa shape index (κ1) is 17.4. The van der Waals surface area contributed by atoms with Gasteiger partial charge in [0.15, 0.2) is 0 Å². The number of methoxy groups -OCH3 is 1. The molecule has 0 saturated carbocycles. The van der Waals surface area contributed by atoms with E-state index in [0.29, 0.717) is 29.1 Å². The summed E-state index contributed by atoms with van der Waals surface area (Å²) in [5, 5.41) is 0. The van der Waals surface area contributed by atoms with Gasteiger partial charge in [0.25, 0.3) is 0 Å². The topological polar surface area (TPSA) is 46.6 Å². The number of sulfonamides is 1. The monoisotopic (exact) mass is 439 g/mol. The third kappa shape index (κ3) is 3.88. The third-order valence-corrected chi connectivity index (χ3v) is 7.39. The van der Waals surface area contributed by atoms with Crippen LogP contribution in [-0.2, 0) is 14.8 Å². The molecule has 1 aliphatic heterocycles. The summed E-state index contributed by atoms with van der Waals surface area (Å²) in [4.78, 5) is 0.318. The van der Waals surface area contributed by atoms with Crippen molar-refractivity contribution in [2.24, 2.45) is 5.92 Å². The first-order valence-corrected chi connectivity index (χ1v) is 9.83. The molecular weight excluding hydrogens is 422 g/mol. The van der Waals surface area contributed by atoms with Crippen molar-refractivity contribution < 1.29 is 13.2 Å². The van der Waals surface area contributed by atoms with Gasteiger partial charge in [0.2, 0.25) is 10.0 Å². The Kier molecular flexibility index (Phi) is 5.87. The fourth-order valence-electron chi connectivity index (χ4n) is 2.58. The fourth-order valence-corrected chi connectivity index (χ4v) is 5.77. The van der Waals surface area contributed by atoms with Crippen molar-refractivity contribution in [1.29, 1.82) is 0 Å². The summed E-state index contributed by atoms with van der Waals surface area (Å²) in [6.07, 6.45) is 1.89. The molecule has 118 valence electrons. The molecule has 7 heteroatoms. The highest BCUT2D eigenvalue weighted by molar-refractivity contribution is 9.11. The molecule has 4 nitrogen and oxygen atoms in total. The normalized spacial score (nSPS) is 20.7. The van der Waals surface area contributed by atoms with E-state index in [1.165, 1.54) is 0 Å². The number of benzene rings is 1. The van der Waals surface area contributed by atoms with Crippen LogP contribution < -0.4 is 0 Å². The summed E-state index contributed by atoms with van der Waals surface area (Å²) in [7, 11) is -1.83. The van der Waals surface area contributed by atoms with Crippen LogP contribution in [0.4, 0.5) is 0 Å². The van der Waals surface area contributed by atoms with Crippen LogP contribution in [0.3, 0.4) is 0 Å². The van der Waals surface area contributed by atoms with Gasteiger partial charge < -0.3 is 4.74 Å². The van der Waals surface area contributed by atoms with Crippen LogP contribution in [0.2, 0.25) is 0 Å². The fraction of sp³-hybridized carbons (Fsp3) is 0.571. The van der Waals surface area contributed by atoms with Crippen LogP contribution in [-0.4, -0.2) is 39.5 Å². The molecule has 0 N–H and O–H groups in total. The van der Waals surface area contributed by atoms with Crippen molar-refractivity contribution in [2.75, 3.05) is 26.8 Å². The van der Waals surface area contributed by atoms with E-state index in [1.54, 1.807) is 17.5 Å². The van der Waals surface area contributed by atoms with Gasteiger partial charge >= 0.3 is 0 Å². The zero-order valence-electron chi connectivity index (χ0n) is 12.1. The van der Waals surface area contributed by atoms with Gasteiger partial charge in [-0.3, -0.25) is 0 Å². The van der Waals surface area contributed by atoms with E-state index in [2.05, 4.69) is 31.9 Å². The number of piperidine rings is 1. The van der Waals surface area contributed by atoms with Crippen LogP contribution >= 0.6 is 31.9 Å². The molecule has 1 aliphatic rings. The zero-order chi connectivity index (χ0) is 15.6. The first-order chi connectivity index (χ1) is 9.86. The predicted molar refractivity (Wildman–Crippen MR) is 89.9 cm³/mol. The maximum Gasteiger partial charge on any atom is 0.244 e. The van der Waals surface area contributed by atoms with Gasteiger partial charge in [-0.2, -0.15) is 4.31 Å². The van der Waals surface area contributed by atoms with Gasteiger partial charge in [-0.1, -0.05) is 15.9 Å². The minimum Gasteiger partial charge on any atom is -0.384 e. The lowest BCUT2D eigenvalue weighted by Crippen LogP contribution is -2.41. The molecule has 0 spiro atoms. The Labute approximate surface area is 143 Å². The molecule has 0 radical (unpaired) electrons. The SMILES string of the molecule is COCC1CCCN(S(=O)(=O)c2cc(Br)c(C)cc2Br)C1. The third-order valence-electron chi connectivity index (χ3n) is 3.72. The van der Waals surface area contributed by atoms with Gasteiger partial charge in [0, 0.05) is 29.1 Å². The Morgan fingerprint density at radius 2 is 2.05 bits per heavy atom. The van der Waals surface area contributed by atoms with Crippen molar-refractivity contribution in [1.82, 2.24) is 4.31 Å². The van der Waals surface area contributed by atoms with Gasteiger partial charge in [-0.25, -0.2) is 8.42 Å². The largest absolute Gasteiger partial charge is 0.384 e. The average molecular weight is 441 g/mol. The second kappa shape index (κ2) is 7.08. The molecule has 1 atom stereocenters. The van der Waals surface area contributed by atoms with E-state index in [-0.39, 0.29) is 5.92 Å². The van der Waals surface area contributed by atoms with Gasteiger partial charge in [0.05, 0.1) is 11.5 Å². The lowest BCUT2D eigenvalue weighted by atomic mass is 10.0. The molecule has 1 aromatic carbocycles. The number of aryl methyl sites for hydroxylation is 1. The molecule has 0 aliphatic carbocycles. The van der Waals surface area contributed by atoms with Crippen molar-refractivity contribution in [3.8, 4) is 0 Å². The van der Waals surface area contributed by atoms with Crippen molar-refractivity contribution in [3.63, 3.8) is 0 Å².